The van der Waals surface area contributed by atoms with Crippen LogP contribution >= 0.6 is 0 Å². The van der Waals surface area contributed by atoms with Crippen molar-refractivity contribution < 1.29 is 14.3 Å². The van der Waals surface area contributed by atoms with Crippen LogP contribution in [0, 0.1) is 0 Å². The van der Waals surface area contributed by atoms with Crippen LogP contribution < -0.4 is 20.1 Å². The molecule has 0 saturated heterocycles. The van der Waals surface area contributed by atoms with E-state index in [1.807, 2.05) is 0 Å². The number of hydrogen-bond acceptors (Lipinski definition) is 6. The Bertz CT molecular complexity index is 389. The number of carbonyl (C=O) groups is 1. The van der Waals surface area contributed by atoms with Crippen LogP contribution in [0.1, 0.15) is 13.3 Å². The number of ether oxygens (including phenoxy) is 2. The lowest BCUT2D eigenvalue weighted by molar-refractivity contribution is -0.118. The molecule has 0 aliphatic rings. The zero-order valence-corrected chi connectivity index (χ0v) is 10.8. The second-order valence-electron chi connectivity index (χ2n) is 3.44. The molecule has 1 heterocycles. The number of hydrogen-bond donors (Lipinski definition) is 1. The van der Waals surface area contributed by atoms with Gasteiger partial charge < -0.3 is 15.2 Å². The summed E-state index contributed by atoms with van der Waals surface area (Å²) in [5.41, 5.74) is 5.49. The Morgan fingerprint density at radius 1 is 1.33 bits per heavy atom. The van der Waals surface area contributed by atoms with E-state index in [-0.39, 0.29) is 11.9 Å². The largest absolute Gasteiger partial charge is 0.481 e. The molecular weight excluding hydrogens is 236 g/mol. The lowest BCUT2D eigenvalue weighted by Gasteiger charge is -2.20. The molecule has 1 aromatic heterocycles. The third-order valence-electron chi connectivity index (χ3n) is 2.28. The Morgan fingerprint density at radius 2 is 1.89 bits per heavy atom. The van der Waals surface area contributed by atoms with E-state index in [2.05, 4.69) is 9.97 Å². The van der Waals surface area contributed by atoms with Crippen LogP contribution in [-0.4, -0.2) is 43.2 Å². The first-order valence-electron chi connectivity index (χ1n) is 5.63. The van der Waals surface area contributed by atoms with Crippen molar-refractivity contribution in [3.05, 3.63) is 6.07 Å². The third kappa shape index (κ3) is 3.30. The first-order chi connectivity index (χ1) is 8.65. The van der Waals surface area contributed by atoms with E-state index in [9.17, 15) is 4.79 Å². The van der Waals surface area contributed by atoms with E-state index >= 15 is 0 Å². The summed E-state index contributed by atoms with van der Waals surface area (Å²) >= 11 is 0. The van der Waals surface area contributed by atoms with E-state index in [1.165, 1.54) is 19.1 Å². The molecule has 1 rings (SSSR count). The van der Waals surface area contributed by atoms with E-state index < -0.39 is 0 Å². The zero-order chi connectivity index (χ0) is 13.5. The fourth-order valence-electron chi connectivity index (χ4n) is 1.38. The zero-order valence-electron chi connectivity index (χ0n) is 10.8. The summed E-state index contributed by atoms with van der Waals surface area (Å²) < 4.78 is 10.1. The summed E-state index contributed by atoms with van der Waals surface area (Å²) in [6.07, 6.45) is 0.350. The number of aromatic nitrogens is 2. The van der Waals surface area contributed by atoms with Crippen LogP contribution in [-0.2, 0) is 4.79 Å². The van der Waals surface area contributed by atoms with Crippen molar-refractivity contribution in [2.24, 2.45) is 5.73 Å². The maximum atomic E-state index is 11.8. The molecule has 18 heavy (non-hydrogen) atoms. The average Bonchev–Trinajstić information content (AvgIpc) is 2.43. The molecule has 0 aliphatic heterocycles. The summed E-state index contributed by atoms with van der Waals surface area (Å²) in [6, 6.07) is 1.54. The molecule has 0 spiro atoms. The molecule has 0 saturated carbocycles. The van der Waals surface area contributed by atoms with Gasteiger partial charge in [-0.2, -0.15) is 9.97 Å². The van der Waals surface area contributed by atoms with Crippen molar-refractivity contribution >= 4 is 11.9 Å². The van der Waals surface area contributed by atoms with Gasteiger partial charge in [0.2, 0.25) is 23.6 Å². The number of nitrogens with zero attached hydrogens (tertiary/aromatic N) is 3. The molecule has 0 radical (unpaired) electrons. The quantitative estimate of drug-likeness (QED) is 0.779. The minimum absolute atomic E-state index is 0.101. The molecule has 0 aromatic carbocycles. The highest BCUT2D eigenvalue weighted by atomic mass is 16.5. The Labute approximate surface area is 106 Å². The van der Waals surface area contributed by atoms with Crippen LogP contribution in [0.25, 0.3) is 0 Å². The lowest BCUT2D eigenvalue weighted by Crippen LogP contribution is -2.36. The second-order valence-corrected chi connectivity index (χ2v) is 3.44. The summed E-state index contributed by atoms with van der Waals surface area (Å²) in [5, 5.41) is 0. The molecule has 0 fully saturated rings. The van der Waals surface area contributed by atoms with E-state index in [1.54, 1.807) is 13.0 Å². The van der Waals surface area contributed by atoms with Crippen molar-refractivity contribution in [1.29, 1.82) is 0 Å². The predicted octanol–water partition coefficient (Wildman–Crippen LogP) is 0.195. The Kier molecular flexibility index (Phi) is 5.31. The van der Waals surface area contributed by atoms with Gasteiger partial charge in [0.1, 0.15) is 0 Å². The fraction of sp³-hybridized carbons (Fsp3) is 0.545. The molecule has 1 aromatic rings. The van der Waals surface area contributed by atoms with Crippen molar-refractivity contribution in [2.45, 2.75) is 13.3 Å². The number of rotatable bonds is 6. The normalized spacial score (nSPS) is 10.0. The van der Waals surface area contributed by atoms with Crippen molar-refractivity contribution in [1.82, 2.24) is 9.97 Å². The van der Waals surface area contributed by atoms with Gasteiger partial charge in [-0.3, -0.25) is 9.69 Å². The van der Waals surface area contributed by atoms with Crippen LogP contribution in [0.15, 0.2) is 6.07 Å². The maximum absolute atomic E-state index is 11.8. The fourth-order valence-corrected chi connectivity index (χ4v) is 1.38. The number of anilines is 1. The lowest BCUT2D eigenvalue weighted by atomic mass is 10.4. The van der Waals surface area contributed by atoms with Gasteiger partial charge in [0, 0.05) is 19.5 Å². The average molecular weight is 254 g/mol. The van der Waals surface area contributed by atoms with Gasteiger partial charge in [0.05, 0.1) is 20.3 Å². The summed E-state index contributed by atoms with van der Waals surface area (Å²) in [6.45, 7) is 2.45. The third-order valence-corrected chi connectivity index (χ3v) is 2.28. The van der Waals surface area contributed by atoms with Gasteiger partial charge in [0.15, 0.2) is 0 Å². The molecule has 100 valence electrons. The van der Waals surface area contributed by atoms with Gasteiger partial charge in [-0.1, -0.05) is 6.92 Å². The molecule has 7 heteroatoms. The van der Waals surface area contributed by atoms with Gasteiger partial charge in [-0.15, -0.1) is 0 Å². The minimum Gasteiger partial charge on any atom is -0.481 e. The Hall–Kier alpha value is -1.89. The van der Waals surface area contributed by atoms with Gasteiger partial charge in [-0.05, 0) is 0 Å². The van der Waals surface area contributed by atoms with Crippen molar-refractivity contribution in [3.63, 3.8) is 0 Å². The number of carbonyl (C=O) groups excluding carboxylic acids is 1. The summed E-state index contributed by atoms with van der Waals surface area (Å²) in [5.74, 6) is 0.810. The number of nitrogens with two attached hydrogens (primary N) is 1. The molecular formula is C11H18N4O3. The van der Waals surface area contributed by atoms with E-state index in [0.717, 1.165) is 0 Å². The molecule has 0 unspecified atom stereocenters. The highest BCUT2D eigenvalue weighted by Gasteiger charge is 2.18. The molecule has 0 aliphatic carbocycles. The van der Waals surface area contributed by atoms with E-state index in [4.69, 9.17) is 15.2 Å². The van der Waals surface area contributed by atoms with Crippen molar-refractivity contribution in [3.8, 4) is 11.8 Å². The highest BCUT2D eigenvalue weighted by Crippen LogP contribution is 2.20. The molecule has 7 nitrogen and oxygen atoms in total. The minimum atomic E-state index is -0.101. The molecule has 0 atom stereocenters. The first-order valence-corrected chi connectivity index (χ1v) is 5.63. The van der Waals surface area contributed by atoms with Gasteiger partial charge in [-0.25, -0.2) is 0 Å². The highest BCUT2D eigenvalue weighted by molar-refractivity contribution is 5.91. The van der Waals surface area contributed by atoms with Crippen LogP contribution in [0.4, 0.5) is 5.95 Å². The summed E-state index contributed by atoms with van der Waals surface area (Å²) in [4.78, 5) is 21.5. The monoisotopic (exact) mass is 254 g/mol. The predicted molar refractivity (Wildman–Crippen MR) is 66.8 cm³/mol. The molecule has 0 bridgehead atoms. The van der Waals surface area contributed by atoms with Crippen LogP contribution in [0.5, 0.6) is 11.8 Å². The topological polar surface area (TPSA) is 90.6 Å². The Balaban J connectivity index is 3.13. The molecule has 2 N–H and O–H groups in total. The van der Waals surface area contributed by atoms with Gasteiger partial charge >= 0.3 is 0 Å². The number of amides is 1. The van der Waals surface area contributed by atoms with Crippen LogP contribution in [0.3, 0.4) is 0 Å². The van der Waals surface area contributed by atoms with Crippen LogP contribution in [0.2, 0.25) is 0 Å². The number of methoxy groups -OCH3 is 2. The van der Waals surface area contributed by atoms with E-state index in [0.29, 0.717) is 31.3 Å². The SMILES string of the molecule is CCC(=O)N(CCN)c1nc(OC)cc(OC)n1. The Morgan fingerprint density at radius 3 is 2.28 bits per heavy atom. The van der Waals surface area contributed by atoms with Crippen molar-refractivity contribution in [2.75, 3.05) is 32.2 Å². The standard InChI is InChI=1S/C11H18N4O3/c1-4-10(16)15(6-5-12)11-13-8(17-2)7-9(14-11)18-3/h7H,4-6,12H2,1-3H3. The van der Waals surface area contributed by atoms with Gasteiger partial charge in [0.25, 0.3) is 0 Å². The smallest absolute Gasteiger partial charge is 0.238 e. The second kappa shape index (κ2) is 6.75. The maximum Gasteiger partial charge on any atom is 0.238 e. The summed E-state index contributed by atoms with van der Waals surface area (Å²) in [7, 11) is 2.97. The first kappa shape index (κ1) is 14.2. The molecule has 1 amide bonds.